The van der Waals surface area contributed by atoms with Crippen molar-refractivity contribution in [2.45, 2.75) is 45.6 Å². The quantitative estimate of drug-likeness (QED) is 0.113. The van der Waals surface area contributed by atoms with E-state index in [0.29, 0.717) is 0 Å². The number of sulfone groups is 4. The van der Waals surface area contributed by atoms with Crippen LogP contribution in [0.25, 0.3) is 20.9 Å². The normalized spacial score (nSPS) is 14.7. The molecule has 2 aromatic carbocycles. The Morgan fingerprint density at radius 3 is 1.24 bits per heavy atom. The number of hydrogen-bond donors (Lipinski definition) is 0. The fraction of sp³-hybridized carbons (Fsp3) is 0.333. The molecule has 0 saturated carbocycles. The molecule has 0 spiro atoms. The van der Waals surface area contributed by atoms with Gasteiger partial charge < -0.3 is 0 Å². The minimum atomic E-state index is -4.51. The summed E-state index contributed by atoms with van der Waals surface area (Å²) in [7, 11) is -18.0. The van der Waals surface area contributed by atoms with Crippen LogP contribution in [0.15, 0.2) is 104 Å². The lowest BCUT2D eigenvalue weighted by atomic mass is 10.4. The van der Waals surface area contributed by atoms with Crippen LogP contribution in [0.2, 0.25) is 0 Å². The van der Waals surface area contributed by atoms with Crippen LogP contribution < -0.4 is 0 Å². The highest BCUT2D eigenvalue weighted by Gasteiger charge is 2.39. The second kappa shape index (κ2) is 14.5. The molecule has 18 heteroatoms. The summed E-state index contributed by atoms with van der Waals surface area (Å²) < 4.78 is 102. The summed E-state index contributed by atoms with van der Waals surface area (Å²) in [5, 5.41) is 6.52. The van der Waals surface area contributed by atoms with Gasteiger partial charge in [0.1, 0.15) is 0 Å². The predicted octanol–water partition coefficient (Wildman–Crippen LogP) is 4.62. The van der Waals surface area contributed by atoms with Crippen molar-refractivity contribution in [2.75, 3.05) is 11.5 Å². The van der Waals surface area contributed by atoms with Crippen molar-refractivity contribution < 1.29 is 33.7 Å². The fourth-order valence-corrected chi connectivity index (χ4v) is 12.9. The third-order valence-corrected chi connectivity index (χ3v) is 15.8. The molecule has 226 valence electrons. The molecule has 0 N–H and O–H groups in total. The second-order valence-electron chi connectivity index (χ2n) is 8.89. The highest BCUT2D eigenvalue weighted by molar-refractivity contribution is 8.09. The molecule has 42 heavy (non-hydrogen) atoms. The lowest BCUT2D eigenvalue weighted by Gasteiger charge is -2.17. The summed E-state index contributed by atoms with van der Waals surface area (Å²) in [5.74, 6) is -1.55. The van der Waals surface area contributed by atoms with Crippen molar-refractivity contribution in [3.05, 3.63) is 105 Å². The predicted molar refractivity (Wildman–Crippen MR) is 157 cm³/mol. The van der Waals surface area contributed by atoms with Gasteiger partial charge in [0.2, 0.25) is 0 Å². The van der Waals surface area contributed by atoms with Crippen LogP contribution in [0.5, 0.6) is 0 Å². The van der Waals surface area contributed by atoms with Crippen LogP contribution in [-0.2, 0) is 39.3 Å². The molecule has 0 fully saturated rings. The third-order valence-electron chi connectivity index (χ3n) is 5.73. The van der Waals surface area contributed by atoms with Crippen molar-refractivity contribution in [1.29, 1.82) is 0 Å². The van der Waals surface area contributed by atoms with Crippen LogP contribution in [0, 0.1) is 0 Å². The number of benzene rings is 2. The summed E-state index contributed by atoms with van der Waals surface area (Å²) in [6, 6.07) is 13.5. The summed E-state index contributed by atoms with van der Waals surface area (Å²) in [4.78, 5) is 4.50. The fourth-order valence-electron chi connectivity index (χ4n) is 3.70. The van der Waals surface area contributed by atoms with Crippen LogP contribution in [0.4, 0.5) is 0 Å². The second-order valence-corrected chi connectivity index (χ2v) is 18.1. The maximum atomic E-state index is 13.3. The molecule has 2 atom stereocenters. The molecule has 0 amide bonds. The van der Waals surface area contributed by atoms with E-state index in [1.807, 2.05) is 0 Å². The van der Waals surface area contributed by atoms with E-state index < -0.39 is 60.0 Å². The molecular formula is C24H28N6O8S4. The first-order valence-electron chi connectivity index (χ1n) is 12.1. The zero-order valence-corrected chi connectivity index (χ0v) is 25.8. The van der Waals surface area contributed by atoms with Gasteiger partial charge in [0, 0.05) is 21.2 Å². The zero-order chi connectivity index (χ0) is 31.6. The first kappa shape index (κ1) is 34.5. The molecule has 0 bridgehead atoms. The Balaban J connectivity index is 2.36. The molecule has 0 aromatic heterocycles. The summed E-state index contributed by atoms with van der Waals surface area (Å²) in [6.45, 7) is 2.46. The first-order chi connectivity index (χ1) is 19.6. The molecule has 0 aliphatic rings. The number of nitrogens with zero attached hydrogens (tertiary/aromatic N) is 6. The van der Waals surface area contributed by atoms with Gasteiger partial charge in [0.05, 0.1) is 21.3 Å². The van der Waals surface area contributed by atoms with Crippen LogP contribution >= 0.6 is 0 Å². The highest BCUT2D eigenvalue weighted by atomic mass is 32.3. The number of rotatable bonds is 15. The van der Waals surface area contributed by atoms with Crippen molar-refractivity contribution >= 4 is 39.3 Å². The van der Waals surface area contributed by atoms with Gasteiger partial charge >= 0.3 is 0 Å². The average molecular weight is 657 g/mol. The zero-order valence-electron chi connectivity index (χ0n) is 22.5. The molecule has 0 aliphatic heterocycles. The van der Waals surface area contributed by atoms with Gasteiger partial charge in [-0.1, -0.05) is 46.6 Å². The van der Waals surface area contributed by atoms with E-state index in [1.165, 1.54) is 62.4 Å². The molecule has 2 unspecified atom stereocenters. The van der Waals surface area contributed by atoms with Crippen molar-refractivity contribution in [3.63, 3.8) is 0 Å². The van der Waals surface area contributed by atoms with E-state index in [-0.39, 0.29) is 34.0 Å². The summed E-state index contributed by atoms with van der Waals surface area (Å²) in [6.07, 6.45) is 0.932. The van der Waals surface area contributed by atoms with Gasteiger partial charge in [-0.15, -0.1) is 0 Å². The van der Waals surface area contributed by atoms with Crippen LogP contribution in [-0.4, -0.2) is 54.3 Å². The molecule has 0 heterocycles. The summed E-state index contributed by atoms with van der Waals surface area (Å²) in [5.41, 5.74) is 16.9. The highest BCUT2D eigenvalue weighted by Crippen LogP contribution is 2.26. The minimum Gasteiger partial charge on any atom is -0.227 e. The third kappa shape index (κ3) is 8.92. The van der Waals surface area contributed by atoms with Gasteiger partial charge in [-0.3, -0.25) is 0 Å². The van der Waals surface area contributed by atoms with Crippen LogP contribution in [0.1, 0.15) is 26.7 Å². The molecule has 0 saturated heterocycles. The van der Waals surface area contributed by atoms with Crippen LogP contribution in [0.3, 0.4) is 0 Å². The Labute approximate surface area is 244 Å². The van der Waals surface area contributed by atoms with E-state index in [4.69, 9.17) is 11.1 Å². The number of unbranched alkanes of at least 4 members (excludes halogenated alkanes) is 1. The van der Waals surface area contributed by atoms with E-state index in [0.717, 1.165) is 12.2 Å². The molecular weight excluding hydrogens is 629 g/mol. The molecule has 14 nitrogen and oxygen atoms in total. The maximum Gasteiger partial charge on any atom is 0.199 e. The van der Waals surface area contributed by atoms with Crippen molar-refractivity contribution in [3.8, 4) is 0 Å². The van der Waals surface area contributed by atoms with Crippen molar-refractivity contribution in [2.24, 2.45) is 10.2 Å². The van der Waals surface area contributed by atoms with E-state index in [1.54, 1.807) is 12.1 Å². The number of allylic oxidation sites excluding steroid dienone is 2. The topological polar surface area (TPSA) is 234 Å². The SMILES string of the molecule is CC(=CC(S(=O)(=O)CCCCS(=O)(=O)C(C=C(C)N=[N+]=[N-])S(=O)(=O)c1ccccc1)S(=O)(=O)c1ccccc1)N=[N+]=[N-]. The first-order valence-corrected chi connectivity index (χ1v) is 18.6. The Bertz CT molecular complexity index is 1720. The smallest absolute Gasteiger partial charge is 0.199 e. The van der Waals surface area contributed by atoms with Gasteiger partial charge in [-0.25, -0.2) is 33.7 Å². The van der Waals surface area contributed by atoms with Gasteiger partial charge in [-0.2, -0.15) is 0 Å². The Morgan fingerprint density at radius 2 is 0.952 bits per heavy atom. The van der Waals surface area contributed by atoms with Gasteiger partial charge in [-0.05, 0) is 74.2 Å². The largest absolute Gasteiger partial charge is 0.227 e. The molecule has 2 aromatic rings. The average Bonchev–Trinajstić information content (AvgIpc) is 2.94. The number of azide groups is 2. The van der Waals surface area contributed by atoms with Crippen molar-refractivity contribution in [1.82, 2.24) is 0 Å². The van der Waals surface area contributed by atoms with E-state index in [9.17, 15) is 33.7 Å². The Hall–Kier alpha value is -3.66. The monoisotopic (exact) mass is 656 g/mol. The lowest BCUT2D eigenvalue weighted by molar-refractivity contribution is 0.572. The maximum absolute atomic E-state index is 13.3. The minimum absolute atomic E-state index is 0.204. The molecule has 0 radical (unpaired) electrons. The Kier molecular flexibility index (Phi) is 11.9. The van der Waals surface area contributed by atoms with Gasteiger partial charge in [0.25, 0.3) is 0 Å². The molecule has 0 aliphatic carbocycles. The summed E-state index contributed by atoms with van der Waals surface area (Å²) >= 11 is 0. The molecule has 2 rings (SSSR count). The van der Waals surface area contributed by atoms with E-state index >= 15 is 0 Å². The standard InChI is InChI=1S/C24H28N6O8S4/c1-19(27-29-25)17-23(41(35,36)21-11-5-3-6-12-21)39(31,32)15-9-10-16-40(33,34)24(18-20(2)28-30-26)42(37,38)22-13-7-4-8-14-22/h3-8,11-14,17-18,23-24H,9-10,15-16H2,1-2H3. The Morgan fingerprint density at radius 1 is 0.643 bits per heavy atom. The van der Waals surface area contributed by atoms with Gasteiger partial charge in [0.15, 0.2) is 48.5 Å². The van der Waals surface area contributed by atoms with E-state index in [2.05, 4.69) is 20.1 Å². The lowest BCUT2D eigenvalue weighted by Crippen LogP contribution is -2.32. The number of hydrogen-bond acceptors (Lipinski definition) is 10.